The SMILES string of the molecule is COc1ccc(OCCNC(=O)NC2CCCc3ccccc32)cc1. The van der Waals surface area contributed by atoms with Crippen molar-refractivity contribution in [3.05, 3.63) is 59.7 Å². The zero-order valence-corrected chi connectivity index (χ0v) is 14.5. The van der Waals surface area contributed by atoms with Gasteiger partial charge in [0.15, 0.2) is 0 Å². The fourth-order valence-corrected chi connectivity index (χ4v) is 3.12. The molecular formula is C20H24N2O3. The van der Waals surface area contributed by atoms with Gasteiger partial charge in [-0.05, 0) is 54.7 Å². The van der Waals surface area contributed by atoms with Crippen molar-refractivity contribution >= 4 is 6.03 Å². The maximum absolute atomic E-state index is 12.1. The molecule has 5 nitrogen and oxygen atoms in total. The third kappa shape index (κ3) is 4.66. The number of benzene rings is 2. The number of hydrogen-bond donors (Lipinski definition) is 2. The van der Waals surface area contributed by atoms with E-state index in [9.17, 15) is 4.79 Å². The molecule has 0 aliphatic heterocycles. The molecule has 0 heterocycles. The molecule has 2 aromatic carbocycles. The molecule has 1 aliphatic rings. The van der Waals surface area contributed by atoms with E-state index >= 15 is 0 Å². The fraction of sp³-hybridized carbons (Fsp3) is 0.350. The number of carbonyl (C=O) groups is 1. The van der Waals surface area contributed by atoms with Crippen molar-refractivity contribution in [2.45, 2.75) is 25.3 Å². The number of hydrogen-bond acceptors (Lipinski definition) is 3. The standard InChI is InChI=1S/C20H24N2O3/c1-24-16-9-11-17(12-10-16)25-14-13-21-20(23)22-19-8-4-6-15-5-2-3-7-18(15)19/h2-3,5,7,9-12,19H,4,6,8,13-14H2,1H3,(H2,21,22,23). The van der Waals surface area contributed by atoms with Crippen molar-refractivity contribution in [1.29, 1.82) is 0 Å². The van der Waals surface area contributed by atoms with Crippen molar-refractivity contribution in [2.24, 2.45) is 0 Å². The summed E-state index contributed by atoms with van der Waals surface area (Å²) >= 11 is 0. The lowest BCUT2D eigenvalue weighted by Crippen LogP contribution is -2.40. The van der Waals surface area contributed by atoms with Gasteiger partial charge in [-0.25, -0.2) is 4.79 Å². The van der Waals surface area contributed by atoms with Gasteiger partial charge in [0.1, 0.15) is 18.1 Å². The minimum absolute atomic E-state index is 0.0902. The van der Waals surface area contributed by atoms with Crippen molar-refractivity contribution < 1.29 is 14.3 Å². The van der Waals surface area contributed by atoms with Gasteiger partial charge in [-0.3, -0.25) is 0 Å². The molecule has 0 spiro atoms. The Morgan fingerprint density at radius 3 is 2.68 bits per heavy atom. The first-order valence-corrected chi connectivity index (χ1v) is 8.65. The molecule has 2 N–H and O–H groups in total. The smallest absolute Gasteiger partial charge is 0.315 e. The summed E-state index contributed by atoms with van der Waals surface area (Å²) in [6.45, 7) is 0.868. The molecule has 0 aromatic heterocycles. The van der Waals surface area contributed by atoms with Gasteiger partial charge in [0.05, 0.1) is 19.7 Å². The second-order valence-corrected chi connectivity index (χ2v) is 6.07. The molecule has 1 unspecified atom stereocenters. The van der Waals surface area contributed by atoms with E-state index in [1.54, 1.807) is 7.11 Å². The predicted octanol–water partition coefficient (Wildman–Crippen LogP) is 3.45. The van der Waals surface area contributed by atoms with E-state index in [1.807, 2.05) is 30.3 Å². The molecule has 3 rings (SSSR count). The maximum atomic E-state index is 12.1. The van der Waals surface area contributed by atoms with Crippen LogP contribution in [0, 0.1) is 0 Å². The third-order valence-electron chi connectivity index (χ3n) is 4.39. The van der Waals surface area contributed by atoms with Crippen molar-refractivity contribution in [2.75, 3.05) is 20.3 Å². The largest absolute Gasteiger partial charge is 0.497 e. The molecule has 132 valence electrons. The highest BCUT2D eigenvalue weighted by atomic mass is 16.5. The van der Waals surface area contributed by atoms with Gasteiger partial charge in [0, 0.05) is 0 Å². The number of nitrogens with one attached hydrogen (secondary N) is 2. The Hall–Kier alpha value is -2.69. The summed E-state index contributed by atoms with van der Waals surface area (Å²) in [7, 11) is 1.63. The first kappa shape index (κ1) is 17.1. The summed E-state index contributed by atoms with van der Waals surface area (Å²) in [4.78, 5) is 12.1. The minimum atomic E-state index is -0.153. The van der Waals surface area contributed by atoms with Gasteiger partial charge in [-0.1, -0.05) is 24.3 Å². The fourth-order valence-electron chi connectivity index (χ4n) is 3.12. The van der Waals surface area contributed by atoms with E-state index in [0.717, 1.165) is 30.8 Å². The van der Waals surface area contributed by atoms with Crippen molar-refractivity contribution in [3.8, 4) is 11.5 Å². The molecule has 1 atom stereocenters. The second-order valence-electron chi connectivity index (χ2n) is 6.07. The molecule has 0 saturated heterocycles. The highest BCUT2D eigenvalue weighted by Crippen LogP contribution is 2.29. The van der Waals surface area contributed by atoms with Crippen LogP contribution in [0.5, 0.6) is 11.5 Å². The highest BCUT2D eigenvalue weighted by molar-refractivity contribution is 5.74. The van der Waals surface area contributed by atoms with Crippen LogP contribution in [0.4, 0.5) is 4.79 Å². The summed E-state index contributed by atoms with van der Waals surface area (Å²) in [6.07, 6.45) is 3.17. The number of rotatable bonds is 6. The lowest BCUT2D eigenvalue weighted by Gasteiger charge is -2.26. The number of aryl methyl sites for hydroxylation is 1. The Balaban J connectivity index is 1.41. The van der Waals surface area contributed by atoms with Gasteiger partial charge in [0.25, 0.3) is 0 Å². The van der Waals surface area contributed by atoms with Gasteiger partial charge >= 0.3 is 6.03 Å². The molecule has 5 heteroatoms. The molecule has 0 saturated carbocycles. The first-order chi connectivity index (χ1) is 12.3. The molecular weight excluding hydrogens is 316 g/mol. The summed E-state index contributed by atoms with van der Waals surface area (Å²) < 4.78 is 10.7. The van der Waals surface area contributed by atoms with Crippen LogP contribution in [0.1, 0.15) is 30.0 Å². The number of carbonyl (C=O) groups excluding carboxylic acids is 1. The molecule has 2 amide bonds. The highest BCUT2D eigenvalue weighted by Gasteiger charge is 2.20. The average Bonchev–Trinajstić information content (AvgIpc) is 2.66. The van der Waals surface area contributed by atoms with E-state index in [2.05, 4.69) is 28.8 Å². The number of urea groups is 1. The predicted molar refractivity (Wildman–Crippen MR) is 97.1 cm³/mol. The Bertz CT molecular complexity index is 700. The maximum Gasteiger partial charge on any atom is 0.315 e. The average molecular weight is 340 g/mol. The normalized spacial score (nSPS) is 15.8. The zero-order valence-electron chi connectivity index (χ0n) is 14.5. The quantitative estimate of drug-likeness (QED) is 0.792. The van der Waals surface area contributed by atoms with Crippen LogP contribution in [0.15, 0.2) is 48.5 Å². The Kier molecular flexibility index (Phi) is 5.77. The van der Waals surface area contributed by atoms with Crippen LogP contribution in [0.2, 0.25) is 0 Å². The van der Waals surface area contributed by atoms with Crippen molar-refractivity contribution in [3.63, 3.8) is 0 Å². The molecule has 0 radical (unpaired) electrons. The summed E-state index contributed by atoms with van der Waals surface area (Å²) in [5.41, 5.74) is 2.57. The zero-order chi connectivity index (χ0) is 17.5. The van der Waals surface area contributed by atoms with Crippen LogP contribution in [0.25, 0.3) is 0 Å². The van der Waals surface area contributed by atoms with E-state index < -0.39 is 0 Å². The monoisotopic (exact) mass is 340 g/mol. The Labute approximate surface area is 148 Å². The number of fused-ring (bicyclic) bond motifs is 1. The first-order valence-electron chi connectivity index (χ1n) is 8.65. The topological polar surface area (TPSA) is 59.6 Å². The summed E-state index contributed by atoms with van der Waals surface area (Å²) in [5.74, 6) is 1.54. The minimum Gasteiger partial charge on any atom is -0.497 e. The number of amides is 2. The van der Waals surface area contributed by atoms with E-state index in [0.29, 0.717) is 13.2 Å². The van der Waals surface area contributed by atoms with Crippen LogP contribution in [0.3, 0.4) is 0 Å². The van der Waals surface area contributed by atoms with E-state index in [-0.39, 0.29) is 12.1 Å². The lowest BCUT2D eigenvalue weighted by atomic mass is 9.88. The lowest BCUT2D eigenvalue weighted by molar-refractivity contribution is 0.231. The molecule has 25 heavy (non-hydrogen) atoms. The van der Waals surface area contributed by atoms with Crippen LogP contribution < -0.4 is 20.1 Å². The number of methoxy groups -OCH3 is 1. The molecule has 0 bridgehead atoms. The van der Waals surface area contributed by atoms with E-state index in [4.69, 9.17) is 9.47 Å². The Morgan fingerprint density at radius 1 is 1.12 bits per heavy atom. The molecule has 2 aromatic rings. The van der Waals surface area contributed by atoms with Gasteiger partial charge in [-0.2, -0.15) is 0 Å². The van der Waals surface area contributed by atoms with E-state index in [1.165, 1.54) is 11.1 Å². The summed E-state index contributed by atoms with van der Waals surface area (Å²) in [6, 6.07) is 15.6. The van der Waals surface area contributed by atoms with Gasteiger partial charge in [0.2, 0.25) is 0 Å². The summed E-state index contributed by atoms with van der Waals surface area (Å²) in [5, 5.41) is 5.92. The van der Waals surface area contributed by atoms with Gasteiger partial charge in [-0.15, -0.1) is 0 Å². The van der Waals surface area contributed by atoms with Crippen LogP contribution in [-0.4, -0.2) is 26.3 Å². The van der Waals surface area contributed by atoms with Crippen molar-refractivity contribution in [1.82, 2.24) is 10.6 Å². The van der Waals surface area contributed by atoms with Gasteiger partial charge < -0.3 is 20.1 Å². The third-order valence-corrected chi connectivity index (χ3v) is 4.39. The second kappa shape index (κ2) is 8.42. The number of ether oxygens (including phenoxy) is 2. The van der Waals surface area contributed by atoms with Crippen LogP contribution in [-0.2, 0) is 6.42 Å². The molecule has 0 fully saturated rings. The molecule has 1 aliphatic carbocycles. The Morgan fingerprint density at radius 2 is 1.88 bits per heavy atom. The van der Waals surface area contributed by atoms with Crippen LogP contribution >= 0.6 is 0 Å².